The lowest BCUT2D eigenvalue weighted by Crippen LogP contribution is -2.41. The number of carbonyl (C=O) groups is 4. The van der Waals surface area contributed by atoms with Crippen molar-refractivity contribution in [3.8, 4) is 0 Å². The predicted octanol–water partition coefficient (Wildman–Crippen LogP) is 7.10. The first-order chi connectivity index (χ1) is 25.3. The molecule has 6 N–H and O–H groups in total. The fourth-order valence-corrected chi connectivity index (χ4v) is 7.77. The molecule has 0 saturated carbocycles. The Hall–Kier alpha value is -3.45. The fraction of sp³-hybridized carbons (Fsp3) is 0.368. The van der Waals surface area contributed by atoms with Gasteiger partial charge < -0.3 is 40.5 Å². The molecule has 3 aliphatic heterocycles. The quantitative estimate of drug-likeness (QED) is 0.125. The van der Waals surface area contributed by atoms with E-state index in [-0.39, 0.29) is 30.1 Å². The molecule has 1 saturated heterocycles. The highest BCUT2D eigenvalue weighted by Gasteiger charge is 2.52. The van der Waals surface area contributed by atoms with Crippen LogP contribution in [0.1, 0.15) is 80.8 Å². The molecule has 2 aromatic carbocycles. The molecular weight excluding hydrogens is 934 g/mol. The highest BCUT2D eigenvalue weighted by molar-refractivity contribution is 14.1. The SMILES string of the molecule is CC(=O)N1CC=C(B2OC(C)(C)C(C)(C)O2)CC1.CC(=O)N1CC=C(c2cc3c(Br)ccc(C(N)=O)c3[nH]2)CC1.NC(=O)c1ccc(Br)c2cc(I)[nH]c12. The molecule has 54 heavy (non-hydrogen) atoms. The second-order valence-electron chi connectivity index (χ2n) is 14.3. The maximum atomic E-state index is 11.6. The molecule has 0 spiro atoms. The number of nitrogens with two attached hydrogens (primary N) is 2. The number of nitrogens with one attached hydrogen (secondary N) is 2. The summed E-state index contributed by atoms with van der Waals surface area (Å²) >= 11 is 9.08. The van der Waals surface area contributed by atoms with Crippen molar-refractivity contribution in [3.63, 3.8) is 0 Å². The van der Waals surface area contributed by atoms with Gasteiger partial charge in [0.05, 0.1) is 37.1 Å². The number of aromatic amines is 2. The third-order valence-corrected chi connectivity index (χ3v) is 12.2. The van der Waals surface area contributed by atoms with E-state index in [1.54, 1.807) is 30.9 Å². The Bertz CT molecular complexity index is 2180. The van der Waals surface area contributed by atoms with Gasteiger partial charge in [-0.15, -0.1) is 0 Å². The van der Waals surface area contributed by atoms with E-state index in [0.717, 1.165) is 70.6 Å². The van der Waals surface area contributed by atoms with Crippen molar-refractivity contribution in [1.82, 2.24) is 19.8 Å². The van der Waals surface area contributed by atoms with Crippen LogP contribution in [0.5, 0.6) is 0 Å². The van der Waals surface area contributed by atoms with Crippen LogP contribution in [0.25, 0.3) is 27.4 Å². The van der Waals surface area contributed by atoms with Crippen molar-refractivity contribution in [2.24, 2.45) is 11.5 Å². The Morgan fingerprint density at radius 1 is 0.759 bits per heavy atom. The normalized spacial score (nSPS) is 17.6. The van der Waals surface area contributed by atoms with Gasteiger partial charge in [0, 0.05) is 65.4 Å². The molecule has 2 aromatic heterocycles. The summed E-state index contributed by atoms with van der Waals surface area (Å²) in [6.45, 7) is 14.1. The Kier molecular flexibility index (Phi) is 12.9. The molecule has 0 aliphatic carbocycles. The number of carbonyl (C=O) groups excluding carboxylic acids is 4. The number of hydrogen-bond acceptors (Lipinski definition) is 6. The Labute approximate surface area is 345 Å². The molecule has 5 heterocycles. The first-order valence-corrected chi connectivity index (χ1v) is 20.1. The molecule has 0 atom stereocenters. The van der Waals surface area contributed by atoms with Crippen LogP contribution in [-0.2, 0) is 18.9 Å². The van der Waals surface area contributed by atoms with E-state index in [4.69, 9.17) is 20.8 Å². The van der Waals surface area contributed by atoms with E-state index in [2.05, 4.69) is 98.2 Å². The van der Waals surface area contributed by atoms with Crippen molar-refractivity contribution in [2.45, 2.75) is 65.6 Å². The highest BCUT2D eigenvalue weighted by atomic mass is 127. The number of hydrogen-bond donors (Lipinski definition) is 4. The largest absolute Gasteiger partial charge is 0.490 e. The third-order valence-electron chi connectivity index (χ3n) is 10.2. The lowest BCUT2D eigenvalue weighted by atomic mass is 9.75. The maximum absolute atomic E-state index is 11.6. The van der Waals surface area contributed by atoms with Crippen LogP contribution >= 0.6 is 54.5 Å². The zero-order valence-corrected chi connectivity index (χ0v) is 36.4. The lowest BCUT2D eigenvalue weighted by molar-refractivity contribution is -0.129. The molecule has 4 amide bonds. The summed E-state index contributed by atoms with van der Waals surface area (Å²) in [6.07, 6.45) is 5.73. The molecule has 3 aliphatic rings. The molecule has 7 rings (SSSR count). The predicted molar refractivity (Wildman–Crippen MR) is 228 cm³/mol. The minimum Gasteiger partial charge on any atom is -0.400 e. The first kappa shape index (κ1) is 41.7. The van der Waals surface area contributed by atoms with E-state index >= 15 is 0 Å². The number of fused-ring (bicyclic) bond motifs is 2. The number of primary amides is 2. The number of H-pyrrole nitrogens is 2. The molecule has 1 fully saturated rings. The van der Waals surface area contributed by atoms with Gasteiger partial charge >= 0.3 is 7.12 Å². The lowest BCUT2D eigenvalue weighted by Gasteiger charge is -2.32. The molecule has 286 valence electrons. The smallest absolute Gasteiger partial charge is 0.400 e. The maximum Gasteiger partial charge on any atom is 0.490 e. The van der Waals surface area contributed by atoms with E-state index < -0.39 is 11.8 Å². The summed E-state index contributed by atoms with van der Waals surface area (Å²) in [6, 6.07) is 11.1. The molecule has 0 bridgehead atoms. The molecule has 4 aromatic rings. The van der Waals surface area contributed by atoms with Crippen LogP contribution in [-0.4, -0.2) is 87.9 Å². The zero-order chi connectivity index (χ0) is 39.7. The van der Waals surface area contributed by atoms with Crippen molar-refractivity contribution in [2.75, 3.05) is 26.2 Å². The van der Waals surface area contributed by atoms with Gasteiger partial charge in [-0.3, -0.25) is 19.2 Å². The molecular formula is C38H44BBr2IN6O6. The van der Waals surface area contributed by atoms with Crippen molar-refractivity contribution in [3.05, 3.63) is 83.5 Å². The van der Waals surface area contributed by atoms with Gasteiger partial charge in [0.25, 0.3) is 11.8 Å². The van der Waals surface area contributed by atoms with E-state index in [1.165, 1.54) is 0 Å². The van der Waals surface area contributed by atoms with Crippen LogP contribution in [0.15, 0.2) is 63.0 Å². The zero-order valence-electron chi connectivity index (χ0n) is 31.1. The van der Waals surface area contributed by atoms with Crippen LogP contribution in [0, 0.1) is 3.70 Å². The molecule has 0 unspecified atom stereocenters. The third kappa shape index (κ3) is 9.15. The van der Waals surface area contributed by atoms with Crippen LogP contribution in [0.4, 0.5) is 0 Å². The summed E-state index contributed by atoms with van der Waals surface area (Å²) in [7, 11) is -0.260. The van der Waals surface area contributed by atoms with E-state index in [1.807, 2.05) is 35.2 Å². The average molecular weight is 978 g/mol. The van der Waals surface area contributed by atoms with Gasteiger partial charge in [0.1, 0.15) is 0 Å². The second-order valence-corrected chi connectivity index (χ2v) is 17.2. The van der Waals surface area contributed by atoms with Crippen molar-refractivity contribution >= 4 is 113 Å². The summed E-state index contributed by atoms with van der Waals surface area (Å²) in [4.78, 5) is 55.4. The molecule has 16 heteroatoms. The van der Waals surface area contributed by atoms with Crippen molar-refractivity contribution in [1.29, 1.82) is 0 Å². The number of benzene rings is 2. The average Bonchev–Trinajstić information content (AvgIpc) is 3.79. The van der Waals surface area contributed by atoms with Crippen LogP contribution in [0.3, 0.4) is 0 Å². The van der Waals surface area contributed by atoms with Gasteiger partial charge in [0.2, 0.25) is 11.8 Å². The summed E-state index contributed by atoms with van der Waals surface area (Å²) in [5.74, 6) is -0.656. The number of aromatic nitrogens is 2. The monoisotopic (exact) mass is 976 g/mol. The number of halogens is 3. The minimum absolute atomic E-state index is 0.0886. The summed E-state index contributed by atoms with van der Waals surface area (Å²) < 4.78 is 14.9. The van der Waals surface area contributed by atoms with Crippen LogP contribution < -0.4 is 11.5 Å². The summed E-state index contributed by atoms with van der Waals surface area (Å²) in [5, 5.41) is 1.91. The molecule has 0 radical (unpaired) electrons. The fourth-order valence-electron chi connectivity index (χ4n) is 6.30. The first-order valence-electron chi connectivity index (χ1n) is 17.4. The van der Waals surface area contributed by atoms with Gasteiger partial charge in [-0.25, -0.2) is 0 Å². The van der Waals surface area contributed by atoms with Gasteiger partial charge in [-0.2, -0.15) is 0 Å². The van der Waals surface area contributed by atoms with Gasteiger partial charge in [-0.1, -0.05) is 44.0 Å². The van der Waals surface area contributed by atoms with E-state index in [9.17, 15) is 19.2 Å². The van der Waals surface area contributed by atoms with Gasteiger partial charge in [-0.05, 0) is 111 Å². The number of nitrogens with zero attached hydrogens (tertiary/aromatic N) is 2. The Morgan fingerprint density at radius 2 is 1.24 bits per heavy atom. The highest BCUT2D eigenvalue weighted by Crippen LogP contribution is 2.39. The van der Waals surface area contributed by atoms with Crippen molar-refractivity contribution < 1.29 is 28.5 Å². The van der Waals surface area contributed by atoms with Crippen LogP contribution in [0.2, 0.25) is 0 Å². The standard InChI is InChI=1S/C16H16BrN3O2.C13H22BNO3.C9H6BrIN2O/c1-9(21)20-6-4-10(5-7-20)14-8-12-13(17)3-2-11(16(18)22)15(12)19-14;1-10(16)15-8-6-11(7-9-15)14-17-12(2,3)13(4,5)18-14;10-6-2-1-4(9(12)14)8-5(6)3-7(11)13-8/h2-4,8,19H,5-7H2,1H3,(H2,18,22);6H,7-9H2,1-5H3;1-3,13H,(H2,12,14). The molecule has 12 nitrogen and oxygen atoms in total. The number of rotatable bonds is 4. The van der Waals surface area contributed by atoms with Gasteiger partial charge in [0.15, 0.2) is 0 Å². The Morgan fingerprint density at radius 3 is 1.69 bits per heavy atom. The summed E-state index contributed by atoms with van der Waals surface area (Å²) in [5.41, 5.74) is 15.9. The van der Waals surface area contributed by atoms with E-state index in [0.29, 0.717) is 30.8 Å². The Balaban J connectivity index is 0.000000160. The minimum atomic E-state index is -0.453. The second kappa shape index (κ2) is 16.7. The number of amides is 4. The topological polar surface area (TPSA) is 177 Å².